The van der Waals surface area contributed by atoms with Crippen LogP contribution in [0.2, 0.25) is 0 Å². The molecule has 3 nitrogen and oxygen atoms in total. The number of benzene rings is 1. The highest BCUT2D eigenvalue weighted by Crippen LogP contribution is 2.16. The van der Waals surface area contributed by atoms with Gasteiger partial charge in [0.25, 0.3) is 0 Å². The van der Waals surface area contributed by atoms with E-state index in [1.165, 1.54) is 5.56 Å². The Labute approximate surface area is 120 Å². The molecule has 0 radical (unpaired) electrons. The van der Waals surface area contributed by atoms with Crippen molar-refractivity contribution in [3.63, 3.8) is 0 Å². The number of nitrogens with zero attached hydrogens (tertiary/aromatic N) is 3. The monoisotopic (exact) mass is 325 g/mol. The molecule has 94 valence electrons. The zero-order chi connectivity index (χ0) is 13.0. The molecule has 0 amide bonds. The lowest BCUT2D eigenvalue weighted by Crippen LogP contribution is -2.18. The second-order valence-corrected chi connectivity index (χ2v) is 5.17. The fourth-order valence-electron chi connectivity index (χ4n) is 1.63. The normalized spacial score (nSPS) is 10.4. The van der Waals surface area contributed by atoms with Gasteiger partial charge in [0.05, 0.1) is 17.8 Å². The molecule has 0 spiro atoms. The Bertz CT molecular complexity index is 533. The second kappa shape index (κ2) is 6.16. The van der Waals surface area contributed by atoms with Crippen molar-refractivity contribution in [1.29, 1.82) is 0 Å². The quantitative estimate of drug-likeness (QED) is 0.804. The predicted molar refractivity (Wildman–Crippen MR) is 77.8 cm³/mol. The molecule has 5 heteroatoms. The number of alkyl halides is 1. The minimum Gasteiger partial charge on any atom is -0.354 e. The van der Waals surface area contributed by atoms with Crippen LogP contribution in [0.3, 0.4) is 0 Å². The van der Waals surface area contributed by atoms with Gasteiger partial charge in [0.1, 0.15) is 5.82 Å². The number of rotatable bonds is 4. The van der Waals surface area contributed by atoms with Crippen LogP contribution in [-0.2, 0) is 12.4 Å². The Morgan fingerprint density at radius 1 is 1.33 bits per heavy atom. The van der Waals surface area contributed by atoms with E-state index < -0.39 is 0 Å². The molecule has 0 N–H and O–H groups in total. The van der Waals surface area contributed by atoms with Gasteiger partial charge in [-0.2, -0.15) is 0 Å². The average molecular weight is 327 g/mol. The number of hydrogen-bond acceptors (Lipinski definition) is 3. The van der Waals surface area contributed by atoms with Crippen molar-refractivity contribution < 1.29 is 0 Å². The molecule has 0 atom stereocenters. The summed E-state index contributed by atoms with van der Waals surface area (Å²) >= 11 is 9.22. The van der Waals surface area contributed by atoms with Gasteiger partial charge in [-0.25, -0.2) is 4.98 Å². The van der Waals surface area contributed by atoms with Crippen LogP contribution in [0.15, 0.2) is 41.1 Å². The molecule has 1 heterocycles. The maximum Gasteiger partial charge on any atom is 0.147 e. The third kappa shape index (κ3) is 3.43. The first-order valence-electron chi connectivity index (χ1n) is 5.51. The molecule has 0 fully saturated rings. The number of anilines is 1. The van der Waals surface area contributed by atoms with E-state index in [-0.39, 0.29) is 0 Å². The number of hydrogen-bond donors (Lipinski definition) is 0. The SMILES string of the molecule is CN(Cc1cccc(Br)c1)c1cncc(CCl)n1. The van der Waals surface area contributed by atoms with Crippen LogP contribution in [0.1, 0.15) is 11.3 Å². The highest BCUT2D eigenvalue weighted by atomic mass is 79.9. The molecular weight excluding hydrogens is 314 g/mol. The van der Waals surface area contributed by atoms with E-state index in [9.17, 15) is 0 Å². The van der Waals surface area contributed by atoms with Gasteiger partial charge in [-0.05, 0) is 17.7 Å². The Balaban J connectivity index is 2.13. The predicted octanol–water partition coefficient (Wildman–Crippen LogP) is 3.61. The van der Waals surface area contributed by atoms with Gasteiger partial charge in [0, 0.05) is 24.3 Å². The van der Waals surface area contributed by atoms with Gasteiger partial charge in [0.15, 0.2) is 0 Å². The van der Waals surface area contributed by atoms with Gasteiger partial charge in [-0.1, -0.05) is 28.1 Å². The number of aromatic nitrogens is 2. The molecule has 0 saturated heterocycles. The molecule has 2 rings (SSSR count). The minimum absolute atomic E-state index is 0.381. The molecule has 0 bridgehead atoms. The third-order valence-corrected chi connectivity index (χ3v) is 3.28. The lowest BCUT2D eigenvalue weighted by atomic mass is 10.2. The van der Waals surface area contributed by atoms with Crippen molar-refractivity contribution in [2.24, 2.45) is 0 Å². The third-order valence-electron chi connectivity index (χ3n) is 2.51. The van der Waals surface area contributed by atoms with Crippen LogP contribution < -0.4 is 4.90 Å². The van der Waals surface area contributed by atoms with Crippen LogP contribution in [0.25, 0.3) is 0 Å². The Hall–Kier alpha value is -1.13. The molecule has 0 saturated carbocycles. The van der Waals surface area contributed by atoms with Gasteiger partial charge in [0.2, 0.25) is 0 Å². The van der Waals surface area contributed by atoms with Crippen LogP contribution >= 0.6 is 27.5 Å². The first kappa shape index (κ1) is 13.3. The molecule has 0 unspecified atom stereocenters. The largest absolute Gasteiger partial charge is 0.354 e. The van der Waals surface area contributed by atoms with Crippen molar-refractivity contribution in [2.75, 3.05) is 11.9 Å². The average Bonchev–Trinajstić information content (AvgIpc) is 2.39. The Kier molecular flexibility index (Phi) is 4.55. The lowest BCUT2D eigenvalue weighted by Gasteiger charge is -2.18. The van der Waals surface area contributed by atoms with Crippen molar-refractivity contribution in [3.05, 3.63) is 52.4 Å². The highest BCUT2D eigenvalue weighted by Gasteiger charge is 2.05. The smallest absolute Gasteiger partial charge is 0.147 e. The summed E-state index contributed by atoms with van der Waals surface area (Å²) in [5, 5.41) is 0. The molecule has 0 aliphatic heterocycles. The van der Waals surface area contributed by atoms with Crippen LogP contribution in [0.4, 0.5) is 5.82 Å². The molecule has 1 aromatic carbocycles. The molecular formula is C13H13BrClN3. The van der Waals surface area contributed by atoms with Gasteiger partial charge in [-0.3, -0.25) is 4.98 Å². The zero-order valence-corrected chi connectivity index (χ0v) is 12.3. The molecule has 18 heavy (non-hydrogen) atoms. The van der Waals surface area contributed by atoms with E-state index in [1.54, 1.807) is 12.4 Å². The van der Waals surface area contributed by atoms with E-state index in [2.05, 4.69) is 38.0 Å². The fourth-order valence-corrected chi connectivity index (χ4v) is 2.21. The standard InChI is InChI=1S/C13H13BrClN3/c1-18(9-10-3-2-4-11(14)5-10)13-8-16-7-12(6-15)17-13/h2-5,7-8H,6,9H2,1H3. The van der Waals surface area contributed by atoms with Crippen molar-refractivity contribution in [2.45, 2.75) is 12.4 Å². The minimum atomic E-state index is 0.381. The van der Waals surface area contributed by atoms with Gasteiger partial charge >= 0.3 is 0 Å². The van der Waals surface area contributed by atoms with E-state index >= 15 is 0 Å². The highest BCUT2D eigenvalue weighted by molar-refractivity contribution is 9.10. The van der Waals surface area contributed by atoms with Gasteiger partial charge < -0.3 is 4.90 Å². The van der Waals surface area contributed by atoms with Crippen LogP contribution in [0, 0.1) is 0 Å². The first-order valence-corrected chi connectivity index (χ1v) is 6.84. The molecule has 0 aliphatic carbocycles. The van der Waals surface area contributed by atoms with Crippen LogP contribution in [0.5, 0.6) is 0 Å². The summed E-state index contributed by atoms with van der Waals surface area (Å²) in [6.07, 6.45) is 3.43. The topological polar surface area (TPSA) is 29.0 Å². The zero-order valence-electron chi connectivity index (χ0n) is 9.98. The molecule has 2 aromatic rings. The number of halogens is 2. The summed E-state index contributed by atoms with van der Waals surface area (Å²) in [5.74, 6) is 1.21. The van der Waals surface area contributed by atoms with E-state index in [1.807, 2.05) is 24.1 Å². The summed E-state index contributed by atoms with van der Waals surface area (Å²) in [5.41, 5.74) is 2.00. The van der Waals surface area contributed by atoms with Crippen molar-refractivity contribution >= 4 is 33.3 Å². The molecule has 1 aromatic heterocycles. The first-order chi connectivity index (χ1) is 8.69. The van der Waals surface area contributed by atoms with E-state index in [0.29, 0.717) is 5.88 Å². The summed E-state index contributed by atoms with van der Waals surface area (Å²) in [6.45, 7) is 0.778. The summed E-state index contributed by atoms with van der Waals surface area (Å²) in [6, 6.07) is 8.21. The Morgan fingerprint density at radius 3 is 2.89 bits per heavy atom. The summed E-state index contributed by atoms with van der Waals surface area (Å²) in [7, 11) is 1.99. The maximum atomic E-state index is 5.76. The summed E-state index contributed by atoms with van der Waals surface area (Å²) < 4.78 is 1.08. The van der Waals surface area contributed by atoms with E-state index in [0.717, 1.165) is 22.5 Å². The van der Waals surface area contributed by atoms with Crippen LogP contribution in [-0.4, -0.2) is 17.0 Å². The maximum absolute atomic E-state index is 5.76. The van der Waals surface area contributed by atoms with E-state index in [4.69, 9.17) is 11.6 Å². The second-order valence-electron chi connectivity index (χ2n) is 3.99. The van der Waals surface area contributed by atoms with Gasteiger partial charge in [-0.15, -0.1) is 11.6 Å². The lowest BCUT2D eigenvalue weighted by molar-refractivity contribution is 0.880. The van der Waals surface area contributed by atoms with Crippen molar-refractivity contribution in [1.82, 2.24) is 9.97 Å². The van der Waals surface area contributed by atoms with Crippen molar-refractivity contribution in [3.8, 4) is 0 Å². The summed E-state index contributed by atoms with van der Waals surface area (Å²) in [4.78, 5) is 10.6. The molecule has 0 aliphatic rings. The fraction of sp³-hybridized carbons (Fsp3) is 0.231. The Morgan fingerprint density at radius 2 is 2.17 bits per heavy atom.